The summed E-state index contributed by atoms with van der Waals surface area (Å²) in [5.41, 5.74) is -0.177. The molecule has 0 aliphatic heterocycles. The molecule has 0 fully saturated rings. The van der Waals surface area contributed by atoms with Gasteiger partial charge in [0.15, 0.2) is 17.5 Å². The highest BCUT2D eigenvalue weighted by molar-refractivity contribution is 6.02. The summed E-state index contributed by atoms with van der Waals surface area (Å²) in [5.74, 6) is -5.47. The molecule has 0 radical (unpaired) electrons. The van der Waals surface area contributed by atoms with Crippen molar-refractivity contribution in [2.75, 3.05) is 10.6 Å². The van der Waals surface area contributed by atoms with Crippen LogP contribution < -0.4 is 10.6 Å². The smallest absolute Gasteiger partial charge is 0.275 e. The summed E-state index contributed by atoms with van der Waals surface area (Å²) >= 11 is 0. The van der Waals surface area contributed by atoms with Crippen LogP contribution in [0.4, 0.5) is 34.8 Å². The number of anilines is 3. The third-order valence-corrected chi connectivity index (χ3v) is 3.26. The molecular formula is C17H10F4N4O. The maximum absolute atomic E-state index is 13.6. The first kappa shape index (κ1) is 17.3. The second-order valence-electron chi connectivity index (χ2n) is 5.10. The van der Waals surface area contributed by atoms with Gasteiger partial charge in [-0.15, -0.1) is 0 Å². The number of carbonyl (C=O) groups excluding carboxylic acids is 1. The van der Waals surface area contributed by atoms with Gasteiger partial charge in [0.25, 0.3) is 5.91 Å². The van der Waals surface area contributed by atoms with Crippen LogP contribution in [0.15, 0.2) is 48.8 Å². The predicted octanol–water partition coefficient (Wildman–Crippen LogP) is 4.03. The molecular weight excluding hydrogens is 352 g/mol. The minimum atomic E-state index is -1.62. The zero-order valence-electron chi connectivity index (χ0n) is 12.9. The molecule has 132 valence electrons. The van der Waals surface area contributed by atoms with Crippen LogP contribution in [0.1, 0.15) is 10.5 Å². The number of rotatable bonds is 4. The van der Waals surface area contributed by atoms with Crippen LogP contribution in [-0.2, 0) is 0 Å². The third kappa shape index (κ3) is 3.77. The fourth-order valence-electron chi connectivity index (χ4n) is 2.03. The highest BCUT2D eigenvalue weighted by Crippen LogP contribution is 2.22. The third-order valence-electron chi connectivity index (χ3n) is 3.26. The monoisotopic (exact) mass is 362 g/mol. The highest BCUT2D eigenvalue weighted by atomic mass is 19.2. The Kier molecular flexibility index (Phi) is 4.78. The van der Waals surface area contributed by atoms with Crippen LogP contribution in [0.25, 0.3) is 0 Å². The van der Waals surface area contributed by atoms with Gasteiger partial charge >= 0.3 is 0 Å². The fourth-order valence-corrected chi connectivity index (χ4v) is 2.03. The van der Waals surface area contributed by atoms with Crippen molar-refractivity contribution in [2.45, 2.75) is 0 Å². The molecule has 1 heterocycles. The largest absolute Gasteiger partial charge is 0.336 e. The summed E-state index contributed by atoms with van der Waals surface area (Å²) in [5, 5.41) is 4.86. The molecule has 0 aliphatic rings. The summed E-state index contributed by atoms with van der Waals surface area (Å²) < 4.78 is 52.8. The quantitative estimate of drug-likeness (QED) is 0.543. The van der Waals surface area contributed by atoms with Crippen molar-refractivity contribution in [1.82, 2.24) is 9.97 Å². The van der Waals surface area contributed by atoms with Gasteiger partial charge in [-0.3, -0.25) is 4.79 Å². The number of nitrogens with one attached hydrogen (secondary N) is 2. The number of aromatic nitrogens is 2. The van der Waals surface area contributed by atoms with E-state index in [-0.39, 0.29) is 22.9 Å². The number of hydrogen-bond acceptors (Lipinski definition) is 4. The van der Waals surface area contributed by atoms with E-state index in [1.165, 1.54) is 18.2 Å². The van der Waals surface area contributed by atoms with Crippen molar-refractivity contribution >= 4 is 23.1 Å². The van der Waals surface area contributed by atoms with E-state index in [0.29, 0.717) is 0 Å². The molecule has 1 aromatic heterocycles. The van der Waals surface area contributed by atoms with Crippen LogP contribution in [-0.4, -0.2) is 15.9 Å². The first-order chi connectivity index (χ1) is 12.4. The Morgan fingerprint density at radius 3 is 2.42 bits per heavy atom. The zero-order valence-corrected chi connectivity index (χ0v) is 12.9. The van der Waals surface area contributed by atoms with Crippen molar-refractivity contribution in [1.29, 1.82) is 0 Å². The van der Waals surface area contributed by atoms with Gasteiger partial charge in [-0.1, -0.05) is 6.07 Å². The molecule has 3 aromatic rings. The minimum absolute atomic E-state index is 0.0113. The van der Waals surface area contributed by atoms with Crippen LogP contribution in [0.2, 0.25) is 0 Å². The van der Waals surface area contributed by atoms with Crippen LogP contribution in [0, 0.1) is 23.3 Å². The van der Waals surface area contributed by atoms with Crippen molar-refractivity contribution in [2.24, 2.45) is 0 Å². The van der Waals surface area contributed by atoms with Gasteiger partial charge in [0, 0.05) is 5.69 Å². The van der Waals surface area contributed by atoms with E-state index in [2.05, 4.69) is 20.6 Å². The second kappa shape index (κ2) is 7.18. The van der Waals surface area contributed by atoms with E-state index in [4.69, 9.17) is 0 Å². The fraction of sp³-hybridized carbons (Fsp3) is 0. The van der Waals surface area contributed by atoms with E-state index in [1.54, 1.807) is 0 Å². The van der Waals surface area contributed by atoms with Gasteiger partial charge < -0.3 is 10.6 Å². The van der Waals surface area contributed by atoms with Gasteiger partial charge in [-0.05, 0) is 30.3 Å². The lowest BCUT2D eigenvalue weighted by Crippen LogP contribution is -2.14. The molecule has 2 N–H and O–H groups in total. The number of carbonyl (C=O) groups is 1. The molecule has 0 bridgehead atoms. The summed E-state index contributed by atoms with van der Waals surface area (Å²) in [6.07, 6.45) is 2.20. The molecule has 26 heavy (non-hydrogen) atoms. The minimum Gasteiger partial charge on any atom is -0.336 e. The predicted molar refractivity (Wildman–Crippen MR) is 86.0 cm³/mol. The second-order valence-corrected chi connectivity index (χ2v) is 5.10. The maximum Gasteiger partial charge on any atom is 0.275 e. The lowest BCUT2D eigenvalue weighted by Gasteiger charge is -2.08. The van der Waals surface area contributed by atoms with Crippen molar-refractivity contribution in [3.8, 4) is 0 Å². The number of nitrogens with zero attached hydrogens (tertiary/aromatic N) is 2. The average Bonchev–Trinajstić information content (AvgIpc) is 2.63. The molecule has 0 saturated carbocycles. The van der Waals surface area contributed by atoms with Gasteiger partial charge in [-0.2, -0.15) is 0 Å². The summed E-state index contributed by atoms with van der Waals surface area (Å²) in [4.78, 5) is 19.7. The number of amides is 1. The van der Waals surface area contributed by atoms with E-state index < -0.39 is 29.2 Å². The number of benzene rings is 2. The van der Waals surface area contributed by atoms with Crippen LogP contribution in [0.3, 0.4) is 0 Å². The SMILES string of the molecule is O=C(Nc1cccc(F)c1)c1cnc(Nc2ccc(F)c(F)c2F)cn1. The van der Waals surface area contributed by atoms with Crippen LogP contribution >= 0.6 is 0 Å². The van der Waals surface area contributed by atoms with Crippen LogP contribution in [0.5, 0.6) is 0 Å². The van der Waals surface area contributed by atoms with E-state index >= 15 is 0 Å². The van der Waals surface area contributed by atoms with Gasteiger partial charge in [0.2, 0.25) is 0 Å². The average molecular weight is 362 g/mol. The van der Waals surface area contributed by atoms with Crippen molar-refractivity contribution < 1.29 is 22.4 Å². The first-order valence-electron chi connectivity index (χ1n) is 7.23. The highest BCUT2D eigenvalue weighted by Gasteiger charge is 2.14. The summed E-state index contributed by atoms with van der Waals surface area (Å²) in [7, 11) is 0. The number of hydrogen-bond donors (Lipinski definition) is 2. The Bertz CT molecular complexity index is 963. The lowest BCUT2D eigenvalue weighted by molar-refractivity contribution is 0.102. The van der Waals surface area contributed by atoms with Crippen molar-refractivity contribution in [3.63, 3.8) is 0 Å². The topological polar surface area (TPSA) is 66.9 Å². The lowest BCUT2D eigenvalue weighted by atomic mass is 10.3. The Labute approximate surface area is 144 Å². The molecule has 2 aromatic carbocycles. The van der Waals surface area contributed by atoms with E-state index in [1.807, 2.05) is 0 Å². The standard InChI is InChI=1S/C17H10F4N4O/c18-9-2-1-3-10(6-9)24-17(26)13-7-23-14(8-22-13)25-12-5-4-11(19)15(20)16(12)21/h1-8H,(H,23,25)(H,24,26). The molecule has 1 amide bonds. The van der Waals surface area contributed by atoms with Gasteiger partial charge in [-0.25, -0.2) is 27.5 Å². The molecule has 0 atom stereocenters. The first-order valence-corrected chi connectivity index (χ1v) is 7.23. The Morgan fingerprint density at radius 1 is 0.923 bits per heavy atom. The van der Waals surface area contributed by atoms with Crippen molar-refractivity contribution in [3.05, 3.63) is 77.8 Å². The normalized spacial score (nSPS) is 10.5. The molecule has 0 unspecified atom stereocenters. The van der Waals surface area contributed by atoms with E-state index in [9.17, 15) is 22.4 Å². The Balaban J connectivity index is 1.72. The molecule has 0 spiro atoms. The number of halogens is 4. The van der Waals surface area contributed by atoms with E-state index in [0.717, 1.165) is 30.6 Å². The molecule has 3 rings (SSSR count). The summed E-state index contributed by atoms with van der Waals surface area (Å²) in [6.45, 7) is 0. The van der Waals surface area contributed by atoms with Gasteiger partial charge in [0.1, 0.15) is 17.3 Å². The molecule has 0 saturated heterocycles. The summed E-state index contributed by atoms with van der Waals surface area (Å²) in [6, 6.07) is 7.05. The Hall–Kier alpha value is -3.49. The molecule has 9 heteroatoms. The zero-order chi connectivity index (χ0) is 18.7. The Morgan fingerprint density at radius 2 is 1.73 bits per heavy atom. The molecule has 0 aliphatic carbocycles. The van der Waals surface area contributed by atoms with Gasteiger partial charge in [0.05, 0.1) is 18.1 Å². The molecule has 5 nitrogen and oxygen atoms in total. The maximum atomic E-state index is 13.6.